The van der Waals surface area contributed by atoms with Crippen molar-refractivity contribution in [2.75, 3.05) is 6.54 Å². The van der Waals surface area contributed by atoms with Gasteiger partial charge in [-0.15, -0.1) is 11.8 Å². The van der Waals surface area contributed by atoms with E-state index in [4.69, 9.17) is 0 Å². The van der Waals surface area contributed by atoms with Gasteiger partial charge < -0.3 is 15.5 Å². The smallest absolute Gasteiger partial charge is 0.207 e. The zero-order chi connectivity index (χ0) is 19.6. The van der Waals surface area contributed by atoms with Crippen LogP contribution in [0.3, 0.4) is 0 Å². The molecule has 1 fully saturated rings. The predicted molar refractivity (Wildman–Crippen MR) is 113 cm³/mol. The number of hydrogen-bond acceptors (Lipinski definition) is 4. The van der Waals surface area contributed by atoms with E-state index in [-0.39, 0.29) is 11.8 Å². The van der Waals surface area contributed by atoms with E-state index in [0.717, 1.165) is 35.1 Å². The van der Waals surface area contributed by atoms with Crippen LogP contribution in [0, 0.1) is 0 Å². The van der Waals surface area contributed by atoms with Crippen LogP contribution in [0.5, 0.6) is 0 Å². The van der Waals surface area contributed by atoms with Crippen LogP contribution in [0.1, 0.15) is 49.3 Å². The number of carbonyl (C=O) groups is 1. The van der Waals surface area contributed by atoms with Gasteiger partial charge in [0.05, 0.1) is 6.54 Å². The van der Waals surface area contributed by atoms with Gasteiger partial charge in [0, 0.05) is 5.25 Å². The number of aliphatic hydroxyl groups is 2. The van der Waals surface area contributed by atoms with Crippen molar-refractivity contribution in [1.82, 2.24) is 5.32 Å². The largest absolute Gasteiger partial charge is 0.384 e. The monoisotopic (exact) mass is 397 g/mol. The molecule has 1 saturated carbocycles. The highest BCUT2D eigenvalue weighted by atomic mass is 32.2. The van der Waals surface area contributed by atoms with Crippen LogP contribution in [-0.4, -0.2) is 34.2 Å². The molecule has 4 nitrogen and oxygen atoms in total. The molecule has 1 aliphatic heterocycles. The molecular formula is C23H27NO3S. The summed E-state index contributed by atoms with van der Waals surface area (Å²) in [7, 11) is 0. The van der Waals surface area contributed by atoms with Crippen LogP contribution < -0.4 is 5.32 Å². The number of allylic oxidation sites excluding steroid dienone is 1. The SMILES string of the molecule is O=CNC[C@@]1(O)S[C@@H](c2ccccc2)CC2=C1C=CC(=C1CCCCC1)C2O. The number of carbonyl (C=O) groups excluding carboxylic acids is 1. The van der Waals surface area contributed by atoms with Crippen LogP contribution in [0.15, 0.2) is 64.8 Å². The first-order chi connectivity index (χ1) is 13.6. The first kappa shape index (κ1) is 19.5. The summed E-state index contributed by atoms with van der Waals surface area (Å²) in [6, 6.07) is 10.1. The summed E-state index contributed by atoms with van der Waals surface area (Å²) in [5, 5.41) is 25.4. The Kier molecular flexibility index (Phi) is 5.76. The molecule has 0 bridgehead atoms. The summed E-state index contributed by atoms with van der Waals surface area (Å²) in [6.07, 6.45) is 10.3. The van der Waals surface area contributed by atoms with Gasteiger partial charge in [-0.05, 0) is 54.4 Å². The Balaban J connectivity index is 1.72. The molecule has 4 rings (SSSR count). The lowest BCUT2D eigenvalue weighted by Crippen LogP contribution is -2.44. The van der Waals surface area contributed by atoms with Crippen LogP contribution in [0.25, 0.3) is 0 Å². The first-order valence-corrected chi connectivity index (χ1v) is 10.9. The Morgan fingerprint density at radius 3 is 2.61 bits per heavy atom. The maximum atomic E-state index is 11.4. The van der Waals surface area contributed by atoms with Crippen molar-refractivity contribution in [1.29, 1.82) is 0 Å². The summed E-state index contributed by atoms with van der Waals surface area (Å²) in [6.45, 7) is 0.117. The summed E-state index contributed by atoms with van der Waals surface area (Å²) in [5.41, 5.74) is 5.12. The zero-order valence-corrected chi connectivity index (χ0v) is 16.8. The Morgan fingerprint density at radius 1 is 1.14 bits per heavy atom. The zero-order valence-electron chi connectivity index (χ0n) is 15.9. The molecule has 1 heterocycles. The van der Waals surface area contributed by atoms with E-state index in [1.807, 2.05) is 30.4 Å². The van der Waals surface area contributed by atoms with Gasteiger partial charge in [0.2, 0.25) is 6.41 Å². The van der Waals surface area contributed by atoms with Gasteiger partial charge in [0.15, 0.2) is 4.93 Å². The molecule has 0 spiro atoms. The lowest BCUT2D eigenvalue weighted by Gasteiger charge is -2.42. The minimum absolute atomic E-state index is 0.0251. The normalized spacial score (nSPS) is 30.2. The van der Waals surface area contributed by atoms with Crippen molar-refractivity contribution in [3.8, 4) is 0 Å². The maximum absolute atomic E-state index is 11.4. The van der Waals surface area contributed by atoms with Crippen molar-refractivity contribution >= 4 is 18.2 Å². The second kappa shape index (κ2) is 8.27. The van der Waals surface area contributed by atoms with E-state index in [9.17, 15) is 15.0 Å². The predicted octanol–water partition coefficient (Wildman–Crippen LogP) is 3.79. The second-order valence-electron chi connectivity index (χ2n) is 7.80. The Bertz CT molecular complexity index is 822. The standard InChI is InChI=1S/C23H27NO3S/c25-15-24-14-23(27)20-12-11-18(16-7-3-1-4-8-16)22(26)19(20)13-21(28-23)17-9-5-2-6-10-17/h2,5-6,9-12,15,21-22,26-27H,1,3-4,7-8,13-14H2,(H,24,25)/t21-,22?,23-/m1/s1. The van der Waals surface area contributed by atoms with Crippen LogP contribution in [0.4, 0.5) is 0 Å². The molecule has 0 saturated heterocycles. The van der Waals surface area contributed by atoms with E-state index < -0.39 is 11.0 Å². The molecule has 3 aliphatic rings. The van der Waals surface area contributed by atoms with Crippen molar-refractivity contribution < 1.29 is 15.0 Å². The van der Waals surface area contributed by atoms with E-state index >= 15 is 0 Å². The number of amides is 1. The van der Waals surface area contributed by atoms with Crippen molar-refractivity contribution in [2.45, 2.75) is 54.8 Å². The number of aliphatic hydroxyl groups excluding tert-OH is 1. The van der Waals surface area contributed by atoms with Crippen molar-refractivity contribution in [3.05, 3.63) is 70.3 Å². The van der Waals surface area contributed by atoms with Gasteiger partial charge >= 0.3 is 0 Å². The van der Waals surface area contributed by atoms with Crippen molar-refractivity contribution in [3.63, 3.8) is 0 Å². The third-order valence-electron chi connectivity index (χ3n) is 6.03. The van der Waals surface area contributed by atoms with Crippen LogP contribution >= 0.6 is 11.8 Å². The lowest BCUT2D eigenvalue weighted by atomic mass is 9.80. The Hall–Kier alpha value is -1.82. The maximum Gasteiger partial charge on any atom is 0.207 e. The van der Waals surface area contributed by atoms with Gasteiger partial charge in [0.1, 0.15) is 6.10 Å². The van der Waals surface area contributed by atoms with E-state index in [2.05, 4.69) is 17.4 Å². The number of thioether (sulfide) groups is 1. The topological polar surface area (TPSA) is 69.6 Å². The summed E-state index contributed by atoms with van der Waals surface area (Å²) in [5.74, 6) is 0. The van der Waals surface area contributed by atoms with Gasteiger partial charge in [-0.25, -0.2) is 0 Å². The molecule has 148 valence electrons. The molecule has 1 aromatic rings. The van der Waals surface area contributed by atoms with Crippen molar-refractivity contribution in [2.24, 2.45) is 0 Å². The molecule has 1 aromatic carbocycles. The molecule has 5 heteroatoms. The molecule has 1 amide bonds. The number of nitrogens with one attached hydrogen (secondary N) is 1. The molecule has 0 aromatic heterocycles. The summed E-state index contributed by atoms with van der Waals surface area (Å²) < 4.78 is 0. The Morgan fingerprint density at radius 2 is 1.89 bits per heavy atom. The van der Waals surface area contributed by atoms with Crippen LogP contribution in [0.2, 0.25) is 0 Å². The summed E-state index contributed by atoms with van der Waals surface area (Å²) in [4.78, 5) is 9.65. The molecule has 0 radical (unpaired) electrons. The fourth-order valence-corrected chi connectivity index (χ4v) is 6.12. The van der Waals surface area contributed by atoms with Gasteiger partial charge in [-0.2, -0.15) is 0 Å². The number of benzene rings is 1. The fraction of sp³-hybridized carbons (Fsp3) is 0.435. The quantitative estimate of drug-likeness (QED) is 0.676. The third-order valence-corrected chi connectivity index (χ3v) is 7.50. The highest BCUT2D eigenvalue weighted by Gasteiger charge is 2.44. The van der Waals surface area contributed by atoms with Gasteiger partial charge in [0.25, 0.3) is 0 Å². The molecule has 1 unspecified atom stereocenters. The summed E-state index contributed by atoms with van der Waals surface area (Å²) >= 11 is 1.45. The highest BCUT2D eigenvalue weighted by Crippen LogP contribution is 2.53. The molecule has 3 N–H and O–H groups in total. The minimum atomic E-state index is -1.25. The molecule has 28 heavy (non-hydrogen) atoms. The average Bonchev–Trinajstić information content (AvgIpc) is 2.74. The molecular weight excluding hydrogens is 370 g/mol. The number of hydrogen-bond donors (Lipinski definition) is 3. The number of rotatable bonds is 4. The highest BCUT2D eigenvalue weighted by molar-refractivity contribution is 8.01. The third kappa shape index (κ3) is 3.71. The fourth-order valence-electron chi connectivity index (χ4n) is 4.60. The Labute approximate surface area is 170 Å². The molecule has 3 atom stereocenters. The lowest BCUT2D eigenvalue weighted by molar-refractivity contribution is -0.110. The first-order valence-electron chi connectivity index (χ1n) is 10.1. The van der Waals surface area contributed by atoms with Gasteiger partial charge in [-0.1, -0.05) is 54.5 Å². The van der Waals surface area contributed by atoms with E-state index in [1.165, 1.54) is 36.6 Å². The molecule has 2 aliphatic carbocycles. The van der Waals surface area contributed by atoms with Gasteiger partial charge in [-0.3, -0.25) is 4.79 Å². The van der Waals surface area contributed by atoms with E-state index in [0.29, 0.717) is 12.8 Å². The minimum Gasteiger partial charge on any atom is -0.384 e. The average molecular weight is 398 g/mol. The van der Waals surface area contributed by atoms with Crippen LogP contribution in [-0.2, 0) is 4.79 Å². The van der Waals surface area contributed by atoms with E-state index in [1.54, 1.807) is 0 Å². The second-order valence-corrected chi connectivity index (χ2v) is 9.28.